The molecule has 0 atom stereocenters. The van der Waals surface area contributed by atoms with Crippen molar-refractivity contribution in [2.75, 3.05) is 39.3 Å². The quantitative estimate of drug-likeness (QED) is 0.683. The van der Waals surface area contributed by atoms with Gasteiger partial charge in [0.15, 0.2) is 0 Å². The van der Waals surface area contributed by atoms with Gasteiger partial charge in [-0.3, -0.25) is 0 Å². The maximum atomic E-state index is 12.6. The van der Waals surface area contributed by atoms with E-state index in [1.165, 1.54) is 12.1 Å². The van der Waals surface area contributed by atoms with Gasteiger partial charge >= 0.3 is 0 Å². The van der Waals surface area contributed by atoms with Gasteiger partial charge in [-0.05, 0) is 37.4 Å². The van der Waals surface area contributed by atoms with Crippen LogP contribution in [0.4, 0.5) is 4.39 Å². The summed E-state index contributed by atoms with van der Waals surface area (Å²) >= 11 is 0. The van der Waals surface area contributed by atoms with E-state index in [1.54, 1.807) is 12.1 Å². The third kappa shape index (κ3) is 5.98. The lowest BCUT2D eigenvalue weighted by atomic mass is 10.3. The molecule has 1 aromatic carbocycles. The van der Waals surface area contributed by atoms with E-state index in [2.05, 4.69) is 24.1 Å². The maximum absolute atomic E-state index is 12.6. The first-order valence-corrected chi connectivity index (χ1v) is 6.57. The number of hydrogen-bond acceptors (Lipinski definition) is 3. The Morgan fingerprint density at radius 2 is 1.78 bits per heavy atom. The van der Waals surface area contributed by atoms with Crippen molar-refractivity contribution in [2.45, 2.75) is 13.8 Å². The first-order chi connectivity index (χ1) is 8.76. The highest BCUT2D eigenvalue weighted by Crippen LogP contribution is 2.10. The van der Waals surface area contributed by atoms with Crippen LogP contribution in [-0.2, 0) is 0 Å². The summed E-state index contributed by atoms with van der Waals surface area (Å²) in [6, 6.07) is 6.10. The third-order valence-corrected chi connectivity index (χ3v) is 2.86. The van der Waals surface area contributed by atoms with E-state index in [9.17, 15) is 4.39 Å². The Morgan fingerprint density at radius 3 is 2.39 bits per heavy atom. The highest BCUT2D eigenvalue weighted by atomic mass is 19.1. The molecule has 102 valence electrons. The molecule has 0 heterocycles. The van der Waals surface area contributed by atoms with Crippen molar-refractivity contribution in [3.8, 4) is 5.75 Å². The Bertz CT molecular complexity index is 312. The molecule has 0 bridgehead atoms. The van der Waals surface area contributed by atoms with Crippen LogP contribution in [0.15, 0.2) is 24.3 Å². The SMILES string of the molecule is CCN(CC)CCNCCOc1ccc(F)cc1. The van der Waals surface area contributed by atoms with E-state index in [4.69, 9.17) is 4.74 Å². The molecule has 0 spiro atoms. The second-order valence-electron chi connectivity index (χ2n) is 4.08. The predicted molar refractivity (Wildman–Crippen MR) is 72.6 cm³/mol. The zero-order valence-corrected chi connectivity index (χ0v) is 11.3. The number of hydrogen-bond donors (Lipinski definition) is 1. The molecule has 0 saturated heterocycles. The number of likely N-dealkylation sites (N-methyl/N-ethyl adjacent to an activating group) is 1. The molecule has 1 N–H and O–H groups in total. The van der Waals surface area contributed by atoms with Crippen molar-refractivity contribution in [3.05, 3.63) is 30.1 Å². The summed E-state index contributed by atoms with van der Waals surface area (Å²) in [6.07, 6.45) is 0. The molecule has 4 heteroatoms. The van der Waals surface area contributed by atoms with Gasteiger partial charge in [0.2, 0.25) is 0 Å². The number of rotatable bonds is 9. The van der Waals surface area contributed by atoms with E-state index < -0.39 is 0 Å². The van der Waals surface area contributed by atoms with Crippen LogP contribution < -0.4 is 10.1 Å². The van der Waals surface area contributed by atoms with E-state index in [1.807, 2.05) is 0 Å². The number of benzene rings is 1. The highest BCUT2D eigenvalue weighted by Gasteiger charge is 1.98. The molecule has 0 unspecified atom stereocenters. The molecule has 1 rings (SSSR count). The molecule has 18 heavy (non-hydrogen) atoms. The van der Waals surface area contributed by atoms with Crippen LogP contribution in [0.25, 0.3) is 0 Å². The van der Waals surface area contributed by atoms with E-state index in [-0.39, 0.29) is 5.82 Å². The van der Waals surface area contributed by atoms with Gasteiger partial charge in [-0.15, -0.1) is 0 Å². The molecule has 0 aliphatic rings. The fourth-order valence-corrected chi connectivity index (χ4v) is 1.67. The van der Waals surface area contributed by atoms with Gasteiger partial charge in [-0.2, -0.15) is 0 Å². The fraction of sp³-hybridized carbons (Fsp3) is 0.571. The maximum Gasteiger partial charge on any atom is 0.123 e. The van der Waals surface area contributed by atoms with Gasteiger partial charge in [-0.1, -0.05) is 13.8 Å². The van der Waals surface area contributed by atoms with Crippen molar-refractivity contribution in [3.63, 3.8) is 0 Å². The standard InChI is InChI=1S/C14H23FN2O/c1-3-17(4-2)11-9-16-10-12-18-14-7-5-13(15)6-8-14/h5-8,16H,3-4,9-12H2,1-2H3. The number of nitrogens with zero attached hydrogens (tertiary/aromatic N) is 1. The summed E-state index contributed by atoms with van der Waals surface area (Å²) in [7, 11) is 0. The van der Waals surface area contributed by atoms with E-state index in [0.29, 0.717) is 12.4 Å². The van der Waals surface area contributed by atoms with Gasteiger partial charge in [0.25, 0.3) is 0 Å². The molecule has 1 aromatic rings. The van der Waals surface area contributed by atoms with Crippen molar-refractivity contribution >= 4 is 0 Å². The first kappa shape index (κ1) is 14.9. The Balaban J connectivity index is 2.03. The summed E-state index contributed by atoms with van der Waals surface area (Å²) in [6.45, 7) is 9.94. The average molecular weight is 254 g/mol. The molecular formula is C14H23FN2O. The van der Waals surface area contributed by atoms with Crippen LogP contribution in [-0.4, -0.2) is 44.2 Å². The fourth-order valence-electron chi connectivity index (χ4n) is 1.67. The van der Waals surface area contributed by atoms with Crippen molar-refractivity contribution in [1.29, 1.82) is 0 Å². The zero-order chi connectivity index (χ0) is 13.2. The van der Waals surface area contributed by atoms with Crippen LogP contribution >= 0.6 is 0 Å². The number of ether oxygens (including phenoxy) is 1. The second-order valence-corrected chi connectivity index (χ2v) is 4.08. The summed E-state index contributed by atoms with van der Waals surface area (Å²) in [5.41, 5.74) is 0. The van der Waals surface area contributed by atoms with Crippen molar-refractivity contribution < 1.29 is 9.13 Å². The van der Waals surface area contributed by atoms with Gasteiger partial charge < -0.3 is 15.0 Å². The first-order valence-electron chi connectivity index (χ1n) is 6.57. The van der Waals surface area contributed by atoms with Crippen LogP contribution in [0.5, 0.6) is 5.75 Å². The Labute approximate surface area is 109 Å². The lowest BCUT2D eigenvalue weighted by molar-refractivity contribution is 0.285. The molecule has 0 amide bonds. The van der Waals surface area contributed by atoms with E-state index in [0.717, 1.165) is 32.7 Å². The van der Waals surface area contributed by atoms with Crippen LogP contribution in [0.1, 0.15) is 13.8 Å². The number of halogens is 1. The topological polar surface area (TPSA) is 24.5 Å². The normalized spacial score (nSPS) is 10.9. The zero-order valence-electron chi connectivity index (χ0n) is 11.3. The minimum Gasteiger partial charge on any atom is -0.492 e. The van der Waals surface area contributed by atoms with Gasteiger partial charge in [0, 0.05) is 19.6 Å². The molecule has 0 aliphatic heterocycles. The molecular weight excluding hydrogens is 231 g/mol. The van der Waals surface area contributed by atoms with Crippen molar-refractivity contribution in [1.82, 2.24) is 10.2 Å². The van der Waals surface area contributed by atoms with Crippen molar-refractivity contribution in [2.24, 2.45) is 0 Å². The largest absolute Gasteiger partial charge is 0.492 e. The number of nitrogens with one attached hydrogen (secondary N) is 1. The summed E-state index contributed by atoms with van der Waals surface area (Å²) in [5, 5.41) is 3.33. The average Bonchev–Trinajstić information content (AvgIpc) is 2.40. The molecule has 0 saturated carbocycles. The van der Waals surface area contributed by atoms with Crippen LogP contribution in [0.2, 0.25) is 0 Å². The lowest BCUT2D eigenvalue weighted by Crippen LogP contribution is -2.33. The molecule has 0 radical (unpaired) electrons. The van der Waals surface area contributed by atoms with E-state index >= 15 is 0 Å². The second kappa shape index (κ2) is 8.89. The lowest BCUT2D eigenvalue weighted by Gasteiger charge is -2.18. The molecule has 3 nitrogen and oxygen atoms in total. The Hall–Kier alpha value is -1.13. The molecule has 0 aromatic heterocycles. The summed E-state index contributed by atoms with van der Waals surface area (Å²) in [4.78, 5) is 2.37. The van der Waals surface area contributed by atoms with Gasteiger partial charge in [0.05, 0.1) is 0 Å². The third-order valence-electron chi connectivity index (χ3n) is 2.86. The van der Waals surface area contributed by atoms with Crippen LogP contribution in [0, 0.1) is 5.82 Å². The summed E-state index contributed by atoms with van der Waals surface area (Å²) < 4.78 is 18.1. The smallest absolute Gasteiger partial charge is 0.123 e. The molecule has 0 aliphatic carbocycles. The predicted octanol–water partition coefficient (Wildman–Crippen LogP) is 2.14. The Morgan fingerprint density at radius 1 is 1.11 bits per heavy atom. The monoisotopic (exact) mass is 254 g/mol. The van der Waals surface area contributed by atoms with Crippen LogP contribution in [0.3, 0.4) is 0 Å². The molecule has 0 fully saturated rings. The minimum absolute atomic E-state index is 0.236. The summed E-state index contributed by atoms with van der Waals surface area (Å²) in [5.74, 6) is 0.474. The van der Waals surface area contributed by atoms with Gasteiger partial charge in [-0.25, -0.2) is 4.39 Å². The van der Waals surface area contributed by atoms with Gasteiger partial charge in [0.1, 0.15) is 18.2 Å². The highest BCUT2D eigenvalue weighted by molar-refractivity contribution is 5.21. The Kier molecular flexibility index (Phi) is 7.37. The minimum atomic E-state index is -0.236.